The second-order valence-electron chi connectivity index (χ2n) is 2.60. The van der Waals surface area contributed by atoms with Crippen LogP contribution in [0.4, 0.5) is 0 Å². The molecular weight excluding hydrogens is 208 g/mol. The second-order valence-corrected chi connectivity index (χ2v) is 3.20. The summed E-state index contributed by atoms with van der Waals surface area (Å²) < 4.78 is 23.0. The van der Waals surface area contributed by atoms with Gasteiger partial charge in [-0.25, -0.2) is 0 Å². The molecule has 1 atom stereocenters. The Bertz CT molecular complexity index is 363. The second kappa shape index (κ2) is 4.30. The minimum Gasteiger partial charge on any atom is -0.508 e. The molecule has 0 aliphatic carbocycles. The Labute approximate surface area is 83.4 Å². The molecule has 5 nitrogen and oxygen atoms in total. The molecule has 0 amide bonds. The Morgan fingerprint density at radius 1 is 1.36 bits per heavy atom. The van der Waals surface area contributed by atoms with Crippen molar-refractivity contribution in [2.75, 3.05) is 0 Å². The number of rotatable bonds is 3. The van der Waals surface area contributed by atoms with Crippen molar-refractivity contribution in [3.8, 4) is 17.2 Å². The molecule has 1 rings (SSSR count). The summed E-state index contributed by atoms with van der Waals surface area (Å²) in [6.45, 7) is 1.80. The molecule has 14 heavy (non-hydrogen) atoms. The summed E-state index contributed by atoms with van der Waals surface area (Å²) in [5.41, 5.74) is 0.540. The molecule has 0 aliphatic heterocycles. The van der Waals surface area contributed by atoms with E-state index in [-0.39, 0.29) is 17.2 Å². The Balaban J connectivity index is 3.08. The molecule has 0 fully saturated rings. The van der Waals surface area contributed by atoms with Crippen LogP contribution in [0.15, 0.2) is 12.1 Å². The van der Waals surface area contributed by atoms with Crippen molar-refractivity contribution >= 4 is 11.4 Å². The monoisotopic (exact) mass is 218 g/mol. The van der Waals surface area contributed by atoms with E-state index in [0.717, 1.165) is 6.07 Å². The van der Waals surface area contributed by atoms with Gasteiger partial charge in [0, 0.05) is 6.07 Å². The smallest absolute Gasteiger partial charge is 0.357 e. The van der Waals surface area contributed by atoms with Crippen molar-refractivity contribution in [1.29, 1.82) is 0 Å². The normalized spacial score (nSPS) is 12.4. The van der Waals surface area contributed by atoms with E-state index >= 15 is 0 Å². The van der Waals surface area contributed by atoms with E-state index in [2.05, 4.69) is 4.18 Å². The molecule has 1 aromatic rings. The molecule has 1 aromatic carbocycles. The standard InChI is InChI=1S/C8H10O5S/c1-2-5-3-7(10)8(4-6(5)9)13-14(11)12/h3-4,9-10H,2H2,1H3,(H,11,12). The van der Waals surface area contributed by atoms with Gasteiger partial charge in [0.25, 0.3) is 0 Å². The van der Waals surface area contributed by atoms with Crippen LogP contribution in [0.25, 0.3) is 0 Å². The van der Waals surface area contributed by atoms with Gasteiger partial charge >= 0.3 is 11.4 Å². The van der Waals surface area contributed by atoms with Crippen molar-refractivity contribution in [3.05, 3.63) is 17.7 Å². The molecular formula is C8H10O5S. The van der Waals surface area contributed by atoms with Crippen LogP contribution in [0.5, 0.6) is 17.2 Å². The Hall–Kier alpha value is -1.27. The lowest BCUT2D eigenvalue weighted by Crippen LogP contribution is -1.98. The SMILES string of the molecule is CCc1cc(O)c(OS(=O)O)cc1O. The number of benzene rings is 1. The fraction of sp³-hybridized carbons (Fsp3) is 0.250. The largest absolute Gasteiger partial charge is 0.508 e. The van der Waals surface area contributed by atoms with Crippen LogP contribution < -0.4 is 4.18 Å². The molecule has 3 N–H and O–H groups in total. The molecule has 0 spiro atoms. The fourth-order valence-electron chi connectivity index (χ4n) is 1.03. The first kappa shape index (κ1) is 10.8. The summed E-state index contributed by atoms with van der Waals surface area (Å²) in [5, 5.41) is 18.7. The first-order chi connectivity index (χ1) is 6.54. The third kappa shape index (κ3) is 2.36. The molecule has 0 bridgehead atoms. The molecule has 0 aromatic heterocycles. The lowest BCUT2D eigenvalue weighted by atomic mass is 10.1. The summed E-state index contributed by atoms with van der Waals surface area (Å²) in [4.78, 5) is 0. The van der Waals surface area contributed by atoms with Crippen LogP contribution in [0, 0.1) is 0 Å². The van der Waals surface area contributed by atoms with Crippen LogP contribution in [-0.2, 0) is 17.8 Å². The minimum absolute atomic E-state index is 0.0780. The molecule has 6 heteroatoms. The van der Waals surface area contributed by atoms with Crippen molar-refractivity contribution in [1.82, 2.24) is 0 Å². The third-order valence-electron chi connectivity index (χ3n) is 1.70. The maximum absolute atomic E-state index is 10.3. The number of aromatic hydroxyl groups is 2. The molecule has 0 aliphatic rings. The number of hydrogen-bond acceptors (Lipinski definition) is 4. The molecule has 0 heterocycles. The quantitative estimate of drug-likeness (QED) is 0.523. The fourth-order valence-corrected chi connectivity index (χ4v) is 1.31. The number of hydrogen-bond donors (Lipinski definition) is 3. The first-order valence-corrected chi connectivity index (χ1v) is 4.91. The van der Waals surface area contributed by atoms with Gasteiger partial charge in [-0.05, 0) is 18.1 Å². The molecule has 78 valence electrons. The van der Waals surface area contributed by atoms with Crippen LogP contribution in [0.1, 0.15) is 12.5 Å². The first-order valence-electron chi connectivity index (χ1n) is 3.88. The Kier molecular flexibility index (Phi) is 3.32. The van der Waals surface area contributed by atoms with Crippen LogP contribution in [-0.4, -0.2) is 19.0 Å². The average molecular weight is 218 g/mol. The van der Waals surface area contributed by atoms with E-state index in [1.165, 1.54) is 6.07 Å². The lowest BCUT2D eigenvalue weighted by molar-refractivity contribution is 0.409. The topological polar surface area (TPSA) is 87.0 Å². The van der Waals surface area contributed by atoms with Crippen molar-refractivity contribution < 1.29 is 23.2 Å². The van der Waals surface area contributed by atoms with Crippen LogP contribution in [0.2, 0.25) is 0 Å². The van der Waals surface area contributed by atoms with Crippen molar-refractivity contribution in [2.24, 2.45) is 0 Å². The maximum Gasteiger partial charge on any atom is 0.357 e. The molecule has 0 radical (unpaired) electrons. The van der Waals surface area contributed by atoms with E-state index in [1.807, 2.05) is 0 Å². The molecule has 0 saturated heterocycles. The molecule has 0 saturated carbocycles. The summed E-state index contributed by atoms with van der Waals surface area (Å²) in [7, 11) is 0. The van der Waals surface area contributed by atoms with Gasteiger partial charge in [-0.2, -0.15) is 4.21 Å². The van der Waals surface area contributed by atoms with Gasteiger partial charge < -0.3 is 14.4 Å². The van der Waals surface area contributed by atoms with E-state index in [1.54, 1.807) is 6.92 Å². The zero-order valence-corrected chi connectivity index (χ0v) is 8.24. The van der Waals surface area contributed by atoms with Gasteiger partial charge in [0.2, 0.25) is 0 Å². The maximum atomic E-state index is 10.3. The highest BCUT2D eigenvalue weighted by atomic mass is 32.2. The number of phenolic OH excluding ortho intramolecular Hbond substituents is 2. The highest BCUT2D eigenvalue weighted by Gasteiger charge is 2.10. The zero-order chi connectivity index (χ0) is 10.7. The average Bonchev–Trinajstić information content (AvgIpc) is 2.10. The summed E-state index contributed by atoms with van der Waals surface area (Å²) in [5.74, 6) is -0.576. The van der Waals surface area contributed by atoms with Crippen molar-refractivity contribution in [3.63, 3.8) is 0 Å². The van der Waals surface area contributed by atoms with E-state index in [9.17, 15) is 14.4 Å². The van der Waals surface area contributed by atoms with Gasteiger partial charge in [0.1, 0.15) is 5.75 Å². The third-order valence-corrected chi connectivity index (χ3v) is 2.02. The van der Waals surface area contributed by atoms with Gasteiger partial charge in [0.15, 0.2) is 11.5 Å². The summed E-state index contributed by atoms with van der Waals surface area (Å²) >= 11 is -2.51. The van der Waals surface area contributed by atoms with Gasteiger partial charge in [-0.15, -0.1) is 0 Å². The van der Waals surface area contributed by atoms with Gasteiger partial charge in [-0.1, -0.05) is 6.92 Å². The summed E-state index contributed by atoms with van der Waals surface area (Å²) in [6.07, 6.45) is 0.544. The van der Waals surface area contributed by atoms with Gasteiger partial charge in [0.05, 0.1) is 0 Å². The van der Waals surface area contributed by atoms with Crippen molar-refractivity contribution in [2.45, 2.75) is 13.3 Å². The minimum atomic E-state index is -2.51. The highest BCUT2D eigenvalue weighted by Crippen LogP contribution is 2.33. The molecule has 1 unspecified atom stereocenters. The van der Waals surface area contributed by atoms with E-state index < -0.39 is 11.4 Å². The van der Waals surface area contributed by atoms with E-state index in [0.29, 0.717) is 12.0 Å². The number of aryl methyl sites for hydroxylation is 1. The highest BCUT2D eigenvalue weighted by molar-refractivity contribution is 7.74. The van der Waals surface area contributed by atoms with Crippen LogP contribution in [0.3, 0.4) is 0 Å². The predicted octanol–water partition coefficient (Wildman–Crippen LogP) is 1.18. The zero-order valence-electron chi connectivity index (χ0n) is 7.43. The Morgan fingerprint density at radius 2 is 2.00 bits per heavy atom. The predicted molar refractivity (Wildman–Crippen MR) is 50.5 cm³/mol. The van der Waals surface area contributed by atoms with Crippen LogP contribution >= 0.6 is 0 Å². The lowest BCUT2D eigenvalue weighted by Gasteiger charge is -2.06. The Morgan fingerprint density at radius 3 is 2.50 bits per heavy atom. The van der Waals surface area contributed by atoms with E-state index in [4.69, 9.17) is 4.55 Å². The number of phenols is 2. The van der Waals surface area contributed by atoms with Gasteiger partial charge in [-0.3, -0.25) is 4.55 Å². The summed E-state index contributed by atoms with van der Waals surface area (Å²) in [6, 6.07) is 2.39.